The van der Waals surface area contributed by atoms with Gasteiger partial charge in [-0.1, -0.05) is 25.5 Å². The highest BCUT2D eigenvalue weighted by Gasteiger charge is 2.27. The number of ether oxygens (including phenoxy) is 2. The van der Waals surface area contributed by atoms with Crippen LogP contribution in [0.5, 0.6) is 11.5 Å². The number of aromatic nitrogens is 3. The van der Waals surface area contributed by atoms with Gasteiger partial charge >= 0.3 is 0 Å². The monoisotopic (exact) mass is 406 g/mol. The van der Waals surface area contributed by atoms with Crippen LogP contribution in [0, 0.1) is 0 Å². The third-order valence-electron chi connectivity index (χ3n) is 5.03. The Balaban J connectivity index is 1.46. The predicted molar refractivity (Wildman–Crippen MR) is 115 cm³/mol. The van der Waals surface area contributed by atoms with Gasteiger partial charge in [-0.25, -0.2) is 4.98 Å². The Kier molecular flexibility index (Phi) is 5.97. The van der Waals surface area contributed by atoms with Crippen molar-refractivity contribution in [2.24, 2.45) is 0 Å². The summed E-state index contributed by atoms with van der Waals surface area (Å²) in [5.74, 6) is 3.05. The van der Waals surface area contributed by atoms with Gasteiger partial charge < -0.3 is 14.8 Å². The maximum atomic E-state index is 12.8. The zero-order valence-corrected chi connectivity index (χ0v) is 17.3. The van der Waals surface area contributed by atoms with Crippen LogP contribution in [0.4, 0.5) is 5.69 Å². The van der Waals surface area contributed by atoms with Gasteiger partial charge in [-0.05, 0) is 49.6 Å². The van der Waals surface area contributed by atoms with Crippen molar-refractivity contribution in [3.05, 3.63) is 53.9 Å². The molecule has 0 aliphatic heterocycles. The molecule has 4 rings (SSSR count). The van der Waals surface area contributed by atoms with Gasteiger partial charge in [0.25, 0.3) is 5.91 Å². The summed E-state index contributed by atoms with van der Waals surface area (Å²) in [6.07, 6.45) is 4.35. The molecule has 0 atom stereocenters. The van der Waals surface area contributed by atoms with E-state index in [-0.39, 0.29) is 5.91 Å². The highest BCUT2D eigenvalue weighted by Crippen LogP contribution is 2.38. The van der Waals surface area contributed by atoms with Crippen molar-refractivity contribution in [2.45, 2.75) is 38.5 Å². The van der Waals surface area contributed by atoms with Gasteiger partial charge in [-0.2, -0.15) is 5.10 Å². The van der Waals surface area contributed by atoms with E-state index in [0.29, 0.717) is 41.1 Å². The quantitative estimate of drug-likeness (QED) is 0.499. The zero-order valence-electron chi connectivity index (χ0n) is 17.3. The van der Waals surface area contributed by atoms with Gasteiger partial charge in [0.2, 0.25) is 0 Å². The summed E-state index contributed by atoms with van der Waals surface area (Å²) in [6.45, 7) is 2.73. The molecule has 1 amide bonds. The van der Waals surface area contributed by atoms with Crippen LogP contribution in [0.3, 0.4) is 0 Å². The fraction of sp³-hybridized carbons (Fsp3) is 0.348. The maximum Gasteiger partial charge on any atom is 0.255 e. The van der Waals surface area contributed by atoms with Gasteiger partial charge in [0, 0.05) is 22.7 Å². The molecule has 2 N–H and O–H groups in total. The standard InChI is InChI=1S/C23H26N4O3/c1-3-4-12-30-19-11-10-17(14-20(19)29-2)23(28)24-18-7-5-6-16(13-18)22-25-21(26-27-22)15-8-9-15/h5-7,10-11,13-15H,3-4,8-9,12H2,1-2H3,(H,24,28)(H,25,26,27). The van der Waals surface area contributed by atoms with Crippen molar-refractivity contribution >= 4 is 11.6 Å². The predicted octanol–water partition coefficient (Wildman–Crippen LogP) is 4.79. The van der Waals surface area contributed by atoms with Crippen molar-refractivity contribution in [1.29, 1.82) is 0 Å². The summed E-state index contributed by atoms with van der Waals surface area (Å²) in [5, 5.41) is 10.3. The highest BCUT2D eigenvalue weighted by atomic mass is 16.5. The van der Waals surface area contributed by atoms with Crippen LogP contribution in [0.15, 0.2) is 42.5 Å². The van der Waals surface area contributed by atoms with E-state index >= 15 is 0 Å². The van der Waals surface area contributed by atoms with E-state index in [0.717, 1.165) is 37.1 Å². The number of unbranched alkanes of at least 4 members (excludes halogenated alkanes) is 1. The van der Waals surface area contributed by atoms with E-state index in [1.807, 2.05) is 24.3 Å². The largest absolute Gasteiger partial charge is 0.493 e. The van der Waals surface area contributed by atoms with E-state index in [1.54, 1.807) is 25.3 Å². The molecule has 7 heteroatoms. The molecule has 3 aromatic rings. The number of carbonyl (C=O) groups is 1. The molecule has 7 nitrogen and oxygen atoms in total. The molecule has 0 radical (unpaired) electrons. The molecule has 1 aliphatic carbocycles. The van der Waals surface area contributed by atoms with Crippen LogP contribution in [0.2, 0.25) is 0 Å². The molecule has 0 saturated heterocycles. The van der Waals surface area contributed by atoms with E-state index < -0.39 is 0 Å². The van der Waals surface area contributed by atoms with Crippen LogP contribution in [-0.2, 0) is 0 Å². The number of carbonyl (C=O) groups excluding carboxylic acids is 1. The molecule has 2 aromatic carbocycles. The van der Waals surface area contributed by atoms with Crippen LogP contribution in [-0.4, -0.2) is 34.8 Å². The van der Waals surface area contributed by atoms with E-state index in [4.69, 9.17) is 9.47 Å². The summed E-state index contributed by atoms with van der Waals surface area (Å²) < 4.78 is 11.1. The molecule has 1 aromatic heterocycles. The second-order valence-corrected chi connectivity index (χ2v) is 7.42. The first-order valence-corrected chi connectivity index (χ1v) is 10.3. The third kappa shape index (κ3) is 4.62. The van der Waals surface area contributed by atoms with Crippen molar-refractivity contribution in [2.75, 3.05) is 19.0 Å². The summed E-state index contributed by atoms with van der Waals surface area (Å²) in [7, 11) is 1.57. The lowest BCUT2D eigenvalue weighted by molar-refractivity contribution is 0.102. The van der Waals surface area contributed by atoms with Gasteiger partial charge in [-0.3, -0.25) is 9.89 Å². The first kappa shape index (κ1) is 19.9. The first-order valence-electron chi connectivity index (χ1n) is 10.3. The summed E-state index contributed by atoms with van der Waals surface area (Å²) in [5.41, 5.74) is 2.03. The van der Waals surface area contributed by atoms with Crippen molar-refractivity contribution < 1.29 is 14.3 Å². The maximum absolute atomic E-state index is 12.8. The lowest BCUT2D eigenvalue weighted by atomic mass is 10.1. The summed E-state index contributed by atoms with van der Waals surface area (Å²) >= 11 is 0. The molecule has 156 valence electrons. The second-order valence-electron chi connectivity index (χ2n) is 7.42. The number of hydrogen-bond donors (Lipinski definition) is 2. The highest BCUT2D eigenvalue weighted by molar-refractivity contribution is 6.04. The number of benzene rings is 2. The van der Waals surface area contributed by atoms with Crippen LogP contribution in [0.1, 0.15) is 54.7 Å². The number of H-pyrrole nitrogens is 1. The van der Waals surface area contributed by atoms with Crippen LogP contribution >= 0.6 is 0 Å². The fourth-order valence-electron chi connectivity index (χ4n) is 3.14. The number of nitrogens with one attached hydrogen (secondary N) is 2. The summed E-state index contributed by atoms with van der Waals surface area (Å²) in [6, 6.07) is 12.7. The average molecular weight is 406 g/mol. The second kappa shape index (κ2) is 8.98. The Morgan fingerprint density at radius 3 is 2.83 bits per heavy atom. The molecule has 1 aliphatic rings. The van der Waals surface area contributed by atoms with E-state index in [1.165, 1.54) is 0 Å². The minimum absolute atomic E-state index is 0.223. The lowest BCUT2D eigenvalue weighted by Gasteiger charge is -2.12. The van der Waals surface area contributed by atoms with Gasteiger partial charge in [0.05, 0.1) is 13.7 Å². The Morgan fingerprint density at radius 2 is 2.07 bits per heavy atom. The number of amides is 1. The molecule has 1 saturated carbocycles. The van der Waals surface area contributed by atoms with Gasteiger partial charge in [0.1, 0.15) is 5.82 Å². The Bertz CT molecular complexity index is 1030. The topological polar surface area (TPSA) is 89.1 Å². The minimum Gasteiger partial charge on any atom is -0.493 e. The van der Waals surface area contributed by atoms with Crippen LogP contribution < -0.4 is 14.8 Å². The fourth-order valence-corrected chi connectivity index (χ4v) is 3.14. The average Bonchev–Trinajstić information content (AvgIpc) is 3.50. The molecular weight excluding hydrogens is 380 g/mol. The lowest BCUT2D eigenvalue weighted by Crippen LogP contribution is -2.12. The minimum atomic E-state index is -0.223. The molecule has 1 heterocycles. The smallest absolute Gasteiger partial charge is 0.255 e. The number of anilines is 1. The first-order chi connectivity index (χ1) is 14.7. The molecule has 30 heavy (non-hydrogen) atoms. The van der Waals surface area contributed by atoms with Crippen molar-refractivity contribution in [1.82, 2.24) is 15.2 Å². The molecule has 0 spiro atoms. The van der Waals surface area contributed by atoms with Crippen LogP contribution in [0.25, 0.3) is 11.4 Å². The van der Waals surface area contributed by atoms with E-state index in [9.17, 15) is 4.79 Å². The third-order valence-corrected chi connectivity index (χ3v) is 5.03. The number of hydrogen-bond acceptors (Lipinski definition) is 5. The number of nitrogens with zero attached hydrogens (tertiary/aromatic N) is 2. The Hall–Kier alpha value is -3.35. The zero-order chi connectivity index (χ0) is 20.9. The number of rotatable bonds is 9. The normalized spacial score (nSPS) is 13.1. The van der Waals surface area contributed by atoms with Gasteiger partial charge in [-0.15, -0.1) is 0 Å². The van der Waals surface area contributed by atoms with E-state index in [2.05, 4.69) is 27.4 Å². The number of methoxy groups -OCH3 is 1. The Labute approximate surface area is 175 Å². The SMILES string of the molecule is CCCCOc1ccc(C(=O)Nc2cccc(-c3n[nH]c(C4CC4)n3)c2)cc1OC. The number of aromatic amines is 1. The molecule has 1 fully saturated rings. The molecule has 0 unspecified atom stereocenters. The van der Waals surface area contributed by atoms with Gasteiger partial charge in [0.15, 0.2) is 17.3 Å². The van der Waals surface area contributed by atoms with Crippen molar-refractivity contribution in [3.8, 4) is 22.9 Å². The molecule has 0 bridgehead atoms. The molecular formula is C23H26N4O3. The Morgan fingerprint density at radius 1 is 1.20 bits per heavy atom. The summed E-state index contributed by atoms with van der Waals surface area (Å²) in [4.78, 5) is 17.3. The van der Waals surface area contributed by atoms with Crippen molar-refractivity contribution in [3.63, 3.8) is 0 Å².